The molecule has 0 aliphatic rings. The van der Waals surface area contributed by atoms with Gasteiger partial charge in [0, 0.05) is 38.2 Å². The van der Waals surface area contributed by atoms with Gasteiger partial charge in [-0.25, -0.2) is 5.43 Å². The fourth-order valence-electron chi connectivity index (χ4n) is 2.89. The number of benzene rings is 2. The van der Waals surface area contributed by atoms with Crippen LogP contribution in [0.4, 0.5) is 0 Å². The minimum atomic E-state index is -0.328. The van der Waals surface area contributed by atoms with E-state index in [2.05, 4.69) is 73.5 Å². The van der Waals surface area contributed by atoms with Crippen LogP contribution in [0.15, 0.2) is 84.6 Å². The van der Waals surface area contributed by atoms with Crippen molar-refractivity contribution in [3.63, 3.8) is 0 Å². The predicted molar refractivity (Wildman–Crippen MR) is 142 cm³/mol. The second-order valence-corrected chi connectivity index (χ2v) is 10.4. The molecule has 12 heteroatoms. The Morgan fingerprint density at radius 3 is 2.53 bits per heavy atom. The van der Waals surface area contributed by atoms with Crippen molar-refractivity contribution < 1.29 is 9.90 Å². The number of phenols is 1. The van der Waals surface area contributed by atoms with Crippen molar-refractivity contribution in [2.24, 2.45) is 5.10 Å². The van der Waals surface area contributed by atoms with Gasteiger partial charge in [-0.3, -0.25) is 14.3 Å². The summed E-state index contributed by atoms with van der Waals surface area (Å²) in [5, 5.41) is 23.2. The number of nitrogens with one attached hydrogen (secondary N) is 1. The Morgan fingerprint density at radius 1 is 1.06 bits per heavy atom. The van der Waals surface area contributed by atoms with Crippen LogP contribution in [0.25, 0.3) is 17.1 Å². The van der Waals surface area contributed by atoms with Crippen molar-refractivity contribution in [2.45, 2.75) is 5.16 Å². The van der Waals surface area contributed by atoms with E-state index in [9.17, 15) is 9.90 Å². The molecule has 0 radical (unpaired) electrons. The highest BCUT2D eigenvalue weighted by molar-refractivity contribution is 9.11. The summed E-state index contributed by atoms with van der Waals surface area (Å²) in [7, 11) is 0. The Morgan fingerprint density at radius 2 is 1.79 bits per heavy atom. The molecule has 0 spiro atoms. The number of phenolic OH excluding ortho intramolecular Hbond substituents is 1. The van der Waals surface area contributed by atoms with Gasteiger partial charge < -0.3 is 5.11 Å². The lowest BCUT2D eigenvalue weighted by Gasteiger charge is -2.10. The highest BCUT2D eigenvalue weighted by atomic mass is 79.9. The molecule has 0 atom stereocenters. The molecule has 0 saturated heterocycles. The first kappa shape index (κ1) is 24.6. The Balaban J connectivity index is 1.50. The lowest BCUT2D eigenvalue weighted by molar-refractivity contribution is -0.118. The largest absolute Gasteiger partial charge is 0.506 e. The fourth-order valence-corrected chi connectivity index (χ4v) is 5.16. The van der Waals surface area contributed by atoms with Crippen LogP contribution in [-0.4, -0.2) is 42.7 Å². The number of aromatic nitrogens is 4. The quantitative estimate of drug-likeness (QED) is 0.152. The van der Waals surface area contributed by atoms with E-state index >= 15 is 0 Å². The van der Waals surface area contributed by atoms with E-state index in [0.717, 1.165) is 20.2 Å². The molecule has 4 aromatic rings. The average molecular weight is 667 g/mol. The van der Waals surface area contributed by atoms with Crippen LogP contribution in [0.3, 0.4) is 0 Å². The maximum atomic E-state index is 12.4. The highest BCUT2D eigenvalue weighted by Gasteiger charge is 2.17. The summed E-state index contributed by atoms with van der Waals surface area (Å²) in [6.07, 6.45) is 4.75. The van der Waals surface area contributed by atoms with Gasteiger partial charge in [-0.05, 0) is 64.5 Å². The van der Waals surface area contributed by atoms with Crippen LogP contribution >= 0.6 is 59.6 Å². The maximum absolute atomic E-state index is 12.4. The second kappa shape index (κ2) is 11.3. The van der Waals surface area contributed by atoms with Gasteiger partial charge in [-0.1, -0.05) is 43.6 Å². The van der Waals surface area contributed by atoms with Crippen LogP contribution in [0.2, 0.25) is 0 Å². The van der Waals surface area contributed by atoms with Crippen LogP contribution < -0.4 is 5.43 Å². The van der Waals surface area contributed by atoms with Gasteiger partial charge in [-0.15, -0.1) is 10.2 Å². The molecule has 2 heterocycles. The van der Waals surface area contributed by atoms with Crippen LogP contribution in [0.1, 0.15) is 5.56 Å². The van der Waals surface area contributed by atoms with Gasteiger partial charge in [-0.2, -0.15) is 5.10 Å². The van der Waals surface area contributed by atoms with Crippen molar-refractivity contribution in [3.8, 4) is 22.8 Å². The van der Waals surface area contributed by atoms with E-state index in [1.807, 2.05) is 41.0 Å². The monoisotopic (exact) mass is 664 g/mol. The fraction of sp³-hybridized carbons (Fsp3) is 0.0455. The molecule has 1 amide bonds. The number of thioether (sulfide) groups is 1. The standard InChI is InChI=1S/C22H15Br3N6O2S/c23-15-1-3-17(4-2-15)31-21(13-5-7-26-8-6-13)29-30-22(31)34-12-19(32)28-27-11-14-9-16(24)10-18(25)20(14)33/h1-11,33H,12H2,(H,28,32)/b27-11-. The van der Waals surface area contributed by atoms with Gasteiger partial charge in [0.05, 0.1) is 16.4 Å². The molecule has 2 aromatic heterocycles. The van der Waals surface area contributed by atoms with Crippen LogP contribution in [0.5, 0.6) is 5.75 Å². The third-order valence-electron chi connectivity index (χ3n) is 4.44. The first-order valence-corrected chi connectivity index (χ1v) is 13.0. The number of carbonyl (C=O) groups excluding carboxylic acids is 1. The molecule has 0 saturated carbocycles. The number of carbonyl (C=O) groups is 1. The molecular weight excluding hydrogens is 652 g/mol. The molecule has 0 aliphatic carbocycles. The second-order valence-electron chi connectivity index (χ2n) is 6.76. The number of aromatic hydroxyl groups is 1. The number of hydrazone groups is 1. The van der Waals surface area contributed by atoms with E-state index in [1.54, 1.807) is 24.5 Å². The number of rotatable bonds is 7. The van der Waals surface area contributed by atoms with Crippen molar-refractivity contribution in [2.75, 3.05) is 5.75 Å². The van der Waals surface area contributed by atoms with Crippen molar-refractivity contribution >= 4 is 71.7 Å². The topological polar surface area (TPSA) is 105 Å². The van der Waals surface area contributed by atoms with Crippen molar-refractivity contribution in [3.05, 3.63) is 79.9 Å². The molecule has 0 unspecified atom stereocenters. The zero-order chi connectivity index (χ0) is 24.1. The van der Waals surface area contributed by atoms with Crippen LogP contribution in [0, 0.1) is 0 Å². The van der Waals surface area contributed by atoms with Gasteiger partial charge in [0.15, 0.2) is 11.0 Å². The lowest BCUT2D eigenvalue weighted by Crippen LogP contribution is -2.20. The summed E-state index contributed by atoms with van der Waals surface area (Å²) < 4.78 is 4.12. The zero-order valence-corrected chi connectivity index (χ0v) is 22.8. The maximum Gasteiger partial charge on any atom is 0.250 e. The number of halogens is 3. The normalized spacial score (nSPS) is 11.1. The van der Waals surface area contributed by atoms with E-state index in [0.29, 0.717) is 21.0 Å². The molecule has 2 N–H and O–H groups in total. The van der Waals surface area contributed by atoms with Crippen molar-refractivity contribution in [1.29, 1.82) is 0 Å². The van der Waals surface area contributed by atoms with E-state index in [1.165, 1.54) is 18.0 Å². The SMILES string of the molecule is O=C(CSc1nnc(-c2ccncc2)n1-c1ccc(Br)cc1)N/N=C\c1cc(Br)cc(Br)c1O. The van der Waals surface area contributed by atoms with E-state index in [-0.39, 0.29) is 17.4 Å². The number of amides is 1. The molecular formula is C22H15Br3N6O2S. The Bertz CT molecular complexity index is 1350. The number of hydrogen-bond acceptors (Lipinski definition) is 7. The van der Waals surface area contributed by atoms with Crippen molar-refractivity contribution in [1.82, 2.24) is 25.2 Å². The Kier molecular flexibility index (Phi) is 8.14. The summed E-state index contributed by atoms with van der Waals surface area (Å²) in [6, 6.07) is 14.8. The molecule has 172 valence electrons. The van der Waals surface area contributed by atoms with Crippen LogP contribution in [-0.2, 0) is 4.79 Å². The molecule has 4 rings (SSSR count). The van der Waals surface area contributed by atoms with E-state index < -0.39 is 0 Å². The smallest absolute Gasteiger partial charge is 0.250 e. The molecule has 8 nitrogen and oxygen atoms in total. The molecule has 2 aromatic carbocycles. The lowest BCUT2D eigenvalue weighted by atomic mass is 10.2. The summed E-state index contributed by atoms with van der Waals surface area (Å²) in [4.78, 5) is 16.5. The predicted octanol–water partition coefficient (Wildman–Crippen LogP) is 5.56. The first-order valence-electron chi connectivity index (χ1n) is 9.67. The Labute approximate surface area is 224 Å². The number of hydrogen-bond donors (Lipinski definition) is 2. The Hall–Kier alpha value is -2.54. The minimum Gasteiger partial charge on any atom is -0.506 e. The van der Waals surface area contributed by atoms with Gasteiger partial charge in [0.25, 0.3) is 5.91 Å². The molecule has 0 aliphatic heterocycles. The average Bonchev–Trinajstić information content (AvgIpc) is 3.26. The highest BCUT2D eigenvalue weighted by Crippen LogP contribution is 2.31. The number of pyridine rings is 1. The molecule has 0 bridgehead atoms. The third-order valence-corrected chi connectivity index (χ3v) is 6.96. The molecule has 34 heavy (non-hydrogen) atoms. The zero-order valence-electron chi connectivity index (χ0n) is 17.2. The summed E-state index contributed by atoms with van der Waals surface area (Å²) in [6.45, 7) is 0. The van der Waals surface area contributed by atoms with Gasteiger partial charge in [0.2, 0.25) is 0 Å². The molecule has 0 fully saturated rings. The minimum absolute atomic E-state index is 0.0295. The summed E-state index contributed by atoms with van der Waals surface area (Å²) in [5.41, 5.74) is 4.63. The summed E-state index contributed by atoms with van der Waals surface area (Å²) in [5.74, 6) is 0.407. The first-order chi connectivity index (χ1) is 16.4. The summed E-state index contributed by atoms with van der Waals surface area (Å²) >= 11 is 11.3. The number of nitrogens with zero attached hydrogens (tertiary/aromatic N) is 5. The van der Waals surface area contributed by atoms with E-state index in [4.69, 9.17) is 0 Å². The van der Waals surface area contributed by atoms with Gasteiger partial charge >= 0.3 is 0 Å². The third kappa shape index (κ3) is 5.93. The van der Waals surface area contributed by atoms with Gasteiger partial charge in [0.1, 0.15) is 5.75 Å².